The summed E-state index contributed by atoms with van der Waals surface area (Å²) in [7, 11) is 2.05. The van der Waals surface area contributed by atoms with Crippen LogP contribution in [0.25, 0.3) is 0 Å². The Balaban J connectivity index is 1.67. The topological polar surface area (TPSA) is 77.8 Å². The van der Waals surface area contributed by atoms with Gasteiger partial charge in [-0.3, -0.25) is 9.59 Å². The second-order valence-corrected chi connectivity index (χ2v) is 10.6. The van der Waals surface area contributed by atoms with E-state index in [1.54, 1.807) is 0 Å². The fourth-order valence-corrected chi connectivity index (χ4v) is 9.52. The monoisotopic (exact) mass is 357 g/mol. The van der Waals surface area contributed by atoms with E-state index >= 15 is 0 Å². The normalized spacial score (nSPS) is 62.8. The largest absolute Gasteiger partial charge is 0.390 e. The van der Waals surface area contributed by atoms with E-state index in [1.165, 1.54) is 0 Å². The van der Waals surface area contributed by atoms with Crippen LogP contribution in [0.2, 0.25) is 0 Å². The lowest BCUT2D eigenvalue weighted by molar-refractivity contribution is -0.240. The van der Waals surface area contributed by atoms with Gasteiger partial charge in [0.1, 0.15) is 11.6 Å². The molecule has 0 aromatic heterocycles. The number of allylic oxidation sites excluding steroid dienone is 1. The quantitative estimate of drug-likeness (QED) is 0.627. The summed E-state index contributed by atoms with van der Waals surface area (Å²) < 4.78 is 0. The molecule has 0 radical (unpaired) electrons. The molecule has 1 saturated heterocycles. The van der Waals surface area contributed by atoms with Crippen LogP contribution in [0.15, 0.2) is 12.2 Å². The summed E-state index contributed by atoms with van der Waals surface area (Å²) in [5.41, 5.74) is -0.280. The van der Waals surface area contributed by atoms with Crippen molar-refractivity contribution in [2.24, 2.45) is 39.9 Å². The summed E-state index contributed by atoms with van der Waals surface area (Å²) in [5.74, 6) is 0.382. The second-order valence-electron chi connectivity index (χ2n) is 10.6. The van der Waals surface area contributed by atoms with Gasteiger partial charge in [0.25, 0.3) is 0 Å². The Kier molecular flexibility index (Phi) is 2.57. The predicted molar refractivity (Wildman–Crippen MR) is 93.0 cm³/mol. The molecule has 7 rings (SSSR count). The lowest BCUT2D eigenvalue weighted by Crippen LogP contribution is -2.74. The minimum absolute atomic E-state index is 0.0183. The molecule has 1 aliphatic heterocycles. The third-order valence-electron chi connectivity index (χ3n) is 9.69. The van der Waals surface area contributed by atoms with Gasteiger partial charge in [-0.25, -0.2) is 0 Å². The highest BCUT2D eigenvalue weighted by atomic mass is 16.3. The summed E-state index contributed by atoms with van der Waals surface area (Å²) >= 11 is 0. The van der Waals surface area contributed by atoms with Gasteiger partial charge in [0.2, 0.25) is 0 Å². The van der Waals surface area contributed by atoms with E-state index in [0.717, 1.165) is 18.4 Å². The van der Waals surface area contributed by atoms with E-state index in [1.807, 2.05) is 6.92 Å². The zero-order valence-corrected chi connectivity index (χ0v) is 15.4. The van der Waals surface area contributed by atoms with E-state index in [4.69, 9.17) is 0 Å². The van der Waals surface area contributed by atoms with E-state index in [9.17, 15) is 19.8 Å². The molecule has 1 heterocycles. The van der Waals surface area contributed by atoms with Crippen molar-refractivity contribution in [1.82, 2.24) is 4.90 Å². The van der Waals surface area contributed by atoms with Crippen LogP contribution >= 0.6 is 0 Å². The van der Waals surface area contributed by atoms with Crippen LogP contribution in [-0.2, 0) is 9.59 Å². The molecule has 6 saturated carbocycles. The predicted octanol–water partition coefficient (Wildman–Crippen LogP) is 0.789. The molecule has 6 bridgehead atoms. The standard InChI is InChI=1S/C21H27NO4/c1-9-5-20-6-11(23)16-19(2)8-22(3)17-14(20)15(25)10(9)4-13(20)21(16,17)7-12(24)18(19)26/h10,12-14,16-18,24,26H,1,4-8H2,2-3H3/t10-,12+,13+,14+,16+,17+,18+,19-,20+,21+/m0/s1. The first-order valence-corrected chi connectivity index (χ1v) is 9.99. The minimum atomic E-state index is -0.886. The number of aliphatic hydroxyl groups is 2. The summed E-state index contributed by atoms with van der Waals surface area (Å²) in [6.45, 7) is 6.74. The molecular weight excluding hydrogens is 330 g/mol. The second kappa shape index (κ2) is 4.18. The average molecular weight is 357 g/mol. The first kappa shape index (κ1) is 16.0. The van der Waals surface area contributed by atoms with Crippen LogP contribution in [0, 0.1) is 39.9 Å². The summed E-state index contributed by atoms with van der Waals surface area (Å²) in [6, 6.07) is 0.0183. The van der Waals surface area contributed by atoms with Crippen LogP contribution in [0.4, 0.5) is 0 Å². The zero-order chi connectivity index (χ0) is 18.4. The van der Waals surface area contributed by atoms with E-state index in [0.29, 0.717) is 25.2 Å². The third kappa shape index (κ3) is 1.28. The number of aliphatic hydroxyl groups excluding tert-OH is 2. The Morgan fingerprint density at radius 1 is 1.23 bits per heavy atom. The van der Waals surface area contributed by atoms with Gasteiger partial charge in [0, 0.05) is 47.6 Å². The molecule has 6 aliphatic carbocycles. The van der Waals surface area contributed by atoms with Crippen molar-refractivity contribution in [3.05, 3.63) is 12.2 Å². The van der Waals surface area contributed by atoms with Gasteiger partial charge in [0.05, 0.1) is 12.2 Å². The highest BCUT2D eigenvalue weighted by Crippen LogP contribution is 2.81. The van der Waals surface area contributed by atoms with Gasteiger partial charge in [-0.15, -0.1) is 0 Å². The van der Waals surface area contributed by atoms with Crippen molar-refractivity contribution < 1.29 is 19.8 Å². The summed E-state index contributed by atoms with van der Waals surface area (Å²) in [4.78, 5) is 29.2. The fourth-order valence-electron chi connectivity index (χ4n) is 9.52. The van der Waals surface area contributed by atoms with Gasteiger partial charge in [0.15, 0.2) is 0 Å². The number of hydrogen-bond acceptors (Lipinski definition) is 5. The molecule has 7 aliphatic rings. The van der Waals surface area contributed by atoms with Gasteiger partial charge in [-0.05, 0) is 37.6 Å². The molecule has 2 N–H and O–H groups in total. The number of piperidine rings is 1. The molecule has 5 heteroatoms. The van der Waals surface area contributed by atoms with Crippen LogP contribution in [0.3, 0.4) is 0 Å². The Labute approximate surface area is 153 Å². The molecule has 0 amide bonds. The first-order chi connectivity index (χ1) is 12.2. The average Bonchev–Trinajstić information content (AvgIpc) is 2.64. The molecule has 0 unspecified atom stereocenters. The van der Waals surface area contributed by atoms with Crippen LogP contribution in [-0.4, -0.2) is 58.5 Å². The summed E-state index contributed by atoms with van der Waals surface area (Å²) in [6.07, 6.45) is 0.786. The SMILES string of the molecule is C=C1C[C@]23CC(=O)[C@@H]4[C@]5(C)CN(C)[C@@H]6[C@H]2C(=O)[C@H]1C[C@H]3[C@]46C[C@@H](O)[C@H]5O. The van der Waals surface area contributed by atoms with Crippen LogP contribution in [0.5, 0.6) is 0 Å². The zero-order valence-electron chi connectivity index (χ0n) is 15.4. The summed E-state index contributed by atoms with van der Waals surface area (Å²) in [5, 5.41) is 21.7. The number of Topliss-reactive ketones (excluding diaryl/α,β-unsaturated/α-hetero) is 2. The number of likely N-dealkylation sites (tertiary alicyclic amines) is 1. The Morgan fingerprint density at radius 2 is 1.96 bits per heavy atom. The fraction of sp³-hybridized carbons (Fsp3) is 0.810. The van der Waals surface area contributed by atoms with Crippen molar-refractivity contribution >= 4 is 11.6 Å². The van der Waals surface area contributed by atoms with Gasteiger partial charge in [-0.2, -0.15) is 0 Å². The number of carbonyl (C=O) groups excluding carboxylic acids is 2. The minimum Gasteiger partial charge on any atom is -0.390 e. The number of nitrogens with zero attached hydrogens (tertiary/aromatic N) is 1. The Hall–Kier alpha value is -1.04. The first-order valence-electron chi connectivity index (χ1n) is 9.99. The Morgan fingerprint density at radius 3 is 2.69 bits per heavy atom. The van der Waals surface area contributed by atoms with E-state index in [2.05, 4.69) is 18.5 Å². The lowest BCUT2D eigenvalue weighted by Gasteiger charge is -2.67. The van der Waals surface area contributed by atoms with Crippen molar-refractivity contribution in [3.8, 4) is 0 Å². The van der Waals surface area contributed by atoms with E-state index < -0.39 is 17.6 Å². The lowest BCUT2D eigenvalue weighted by atomic mass is 9.39. The van der Waals surface area contributed by atoms with Crippen molar-refractivity contribution in [3.63, 3.8) is 0 Å². The van der Waals surface area contributed by atoms with E-state index in [-0.39, 0.29) is 46.3 Å². The molecule has 26 heavy (non-hydrogen) atoms. The number of rotatable bonds is 0. The molecule has 2 spiro atoms. The third-order valence-corrected chi connectivity index (χ3v) is 9.69. The van der Waals surface area contributed by atoms with Crippen LogP contribution < -0.4 is 0 Å². The maximum Gasteiger partial charge on any atom is 0.145 e. The van der Waals surface area contributed by atoms with Gasteiger partial charge >= 0.3 is 0 Å². The smallest absolute Gasteiger partial charge is 0.145 e. The Bertz CT molecular complexity index is 793. The van der Waals surface area contributed by atoms with Gasteiger partial charge < -0.3 is 15.1 Å². The molecule has 5 nitrogen and oxygen atoms in total. The maximum atomic E-state index is 13.5. The molecule has 0 aromatic carbocycles. The molecular formula is C21H27NO4. The number of hydrogen-bond donors (Lipinski definition) is 2. The molecule has 0 aromatic rings. The molecule has 140 valence electrons. The van der Waals surface area contributed by atoms with Crippen molar-refractivity contribution in [2.45, 2.75) is 50.9 Å². The highest BCUT2D eigenvalue weighted by molar-refractivity contribution is 5.95. The van der Waals surface area contributed by atoms with Crippen molar-refractivity contribution in [1.29, 1.82) is 0 Å². The molecule has 7 fully saturated rings. The van der Waals surface area contributed by atoms with Crippen molar-refractivity contribution in [2.75, 3.05) is 13.6 Å². The van der Waals surface area contributed by atoms with Crippen LogP contribution in [0.1, 0.15) is 32.6 Å². The highest BCUT2D eigenvalue weighted by Gasteiger charge is 2.84. The number of fused-ring (bicyclic) bond motifs is 1. The van der Waals surface area contributed by atoms with Gasteiger partial charge in [-0.1, -0.05) is 19.1 Å². The maximum absolute atomic E-state index is 13.5. The molecule has 10 atom stereocenters. The number of ketones is 2. The number of carbonyl (C=O) groups is 2.